The van der Waals surface area contributed by atoms with Gasteiger partial charge in [-0.1, -0.05) is 25.0 Å². The molecule has 0 aromatic heterocycles. The first kappa shape index (κ1) is 17.0. The summed E-state index contributed by atoms with van der Waals surface area (Å²) in [4.78, 5) is 22.0. The molecule has 5 nitrogen and oxygen atoms in total. The number of hydrogen-bond donors (Lipinski definition) is 3. The zero-order valence-corrected chi connectivity index (χ0v) is 12.3. The lowest BCUT2D eigenvalue weighted by Crippen LogP contribution is -2.24. The van der Waals surface area contributed by atoms with E-state index in [0.29, 0.717) is 31.5 Å². The molecule has 1 amide bonds. The number of nitrogen functional groups attached to an aromatic ring is 1. The molecule has 0 heterocycles. The van der Waals surface area contributed by atoms with Crippen LogP contribution in [0.3, 0.4) is 0 Å². The molecule has 0 aliphatic carbocycles. The summed E-state index contributed by atoms with van der Waals surface area (Å²) in [6.45, 7) is 0.656. The largest absolute Gasteiger partial charge is 0.481 e. The van der Waals surface area contributed by atoms with E-state index in [4.69, 9.17) is 10.8 Å². The summed E-state index contributed by atoms with van der Waals surface area (Å²) in [7, 11) is 0. The van der Waals surface area contributed by atoms with Gasteiger partial charge in [0.05, 0.1) is 0 Å². The molecule has 116 valence electrons. The molecular weight excluding hydrogens is 268 g/mol. The number of carboxylic acid groups (broad SMARTS) is 1. The topological polar surface area (TPSA) is 92.4 Å². The highest BCUT2D eigenvalue weighted by Gasteiger charge is 2.02. The second-order valence-electron chi connectivity index (χ2n) is 5.15. The standard InChI is InChI=1S/C16H24N2O3/c17-14-7-5-6-13(12-14)9-10-15(19)18-11-4-2-1-3-8-16(20)21/h5-7,12H,1-4,8-11,17H2,(H,18,19)(H,20,21). The van der Waals surface area contributed by atoms with E-state index in [9.17, 15) is 9.59 Å². The molecule has 0 radical (unpaired) electrons. The van der Waals surface area contributed by atoms with Crippen LogP contribution in [0.2, 0.25) is 0 Å². The van der Waals surface area contributed by atoms with Gasteiger partial charge in [-0.05, 0) is 37.0 Å². The molecule has 0 saturated heterocycles. The number of hydrogen-bond acceptors (Lipinski definition) is 3. The molecule has 0 spiro atoms. The third-order valence-corrected chi connectivity index (χ3v) is 3.23. The number of nitrogens with one attached hydrogen (secondary N) is 1. The van der Waals surface area contributed by atoms with E-state index < -0.39 is 5.97 Å². The van der Waals surface area contributed by atoms with E-state index in [0.717, 1.165) is 24.8 Å². The van der Waals surface area contributed by atoms with Crippen molar-refractivity contribution in [3.05, 3.63) is 29.8 Å². The Morgan fingerprint density at radius 3 is 2.57 bits per heavy atom. The van der Waals surface area contributed by atoms with Crippen LogP contribution in [-0.2, 0) is 16.0 Å². The number of carbonyl (C=O) groups is 2. The first-order chi connectivity index (χ1) is 10.1. The minimum absolute atomic E-state index is 0.0444. The number of aliphatic carboxylic acids is 1. The van der Waals surface area contributed by atoms with Crippen LogP contribution in [0.15, 0.2) is 24.3 Å². The van der Waals surface area contributed by atoms with E-state index >= 15 is 0 Å². The molecule has 0 aliphatic heterocycles. The summed E-state index contributed by atoms with van der Waals surface area (Å²) in [6, 6.07) is 7.56. The molecule has 1 aromatic carbocycles. The number of carboxylic acids is 1. The smallest absolute Gasteiger partial charge is 0.303 e. The van der Waals surface area contributed by atoms with Crippen molar-refractivity contribution < 1.29 is 14.7 Å². The van der Waals surface area contributed by atoms with Crippen molar-refractivity contribution >= 4 is 17.6 Å². The van der Waals surface area contributed by atoms with Crippen LogP contribution in [0, 0.1) is 0 Å². The van der Waals surface area contributed by atoms with Crippen LogP contribution in [0.1, 0.15) is 44.1 Å². The van der Waals surface area contributed by atoms with Gasteiger partial charge in [-0.15, -0.1) is 0 Å². The second-order valence-corrected chi connectivity index (χ2v) is 5.15. The second kappa shape index (κ2) is 9.80. The van der Waals surface area contributed by atoms with Crippen LogP contribution >= 0.6 is 0 Å². The number of carbonyl (C=O) groups excluding carboxylic acids is 1. The number of nitrogens with two attached hydrogens (primary N) is 1. The summed E-state index contributed by atoms with van der Waals surface area (Å²) >= 11 is 0. The van der Waals surface area contributed by atoms with Gasteiger partial charge in [0.25, 0.3) is 0 Å². The lowest BCUT2D eigenvalue weighted by molar-refractivity contribution is -0.137. The first-order valence-electron chi connectivity index (χ1n) is 7.41. The number of aryl methyl sites for hydroxylation is 1. The maximum Gasteiger partial charge on any atom is 0.303 e. The fraction of sp³-hybridized carbons (Fsp3) is 0.500. The van der Waals surface area contributed by atoms with Gasteiger partial charge in [0.1, 0.15) is 0 Å². The van der Waals surface area contributed by atoms with Gasteiger partial charge in [0, 0.05) is 25.1 Å². The van der Waals surface area contributed by atoms with Crippen LogP contribution in [0.4, 0.5) is 5.69 Å². The predicted molar refractivity (Wildman–Crippen MR) is 82.9 cm³/mol. The highest BCUT2D eigenvalue weighted by molar-refractivity contribution is 5.76. The maximum atomic E-state index is 11.7. The average molecular weight is 292 g/mol. The Labute approximate surface area is 125 Å². The van der Waals surface area contributed by atoms with Crippen LogP contribution < -0.4 is 11.1 Å². The number of rotatable bonds is 10. The molecule has 0 fully saturated rings. The molecule has 1 aromatic rings. The Hall–Kier alpha value is -2.04. The summed E-state index contributed by atoms with van der Waals surface area (Å²) in [5.74, 6) is -0.701. The van der Waals surface area contributed by atoms with E-state index in [-0.39, 0.29) is 12.3 Å². The molecule has 4 N–H and O–H groups in total. The monoisotopic (exact) mass is 292 g/mol. The van der Waals surface area contributed by atoms with E-state index in [2.05, 4.69) is 5.32 Å². The highest BCUT2D eigenvalue weighted by Crippen LogP contribution is 2.08. The number of amides is 1. The Kier molecular flexibility index (Phi) is 7.94. The third-order valence-electron chi connectivity index (χ3n) is 3.23. The summed E-state index contributed by atoms with van der Waals surface area (Å²) in [6.07, 6.45) is 4.82. The van der Waals surface area contributed by atoms with E-state index in [1.807, 2.05) is 24.3 Å². The van der Waals surface area contributed by atoms with Gasteiger partial charge < -0.3 is 16.2 Å². The average Bonchev–Trinajstić information content (AvgIpc) is 2.44. The minimum atomic E-state index is -0.746. The van der Waals surface area contributed by atoms with E-state index in [1.54, 1.807) is 0 Å². The van der Waals surface area contributed by atoms with Crippen molar-refractivity contribution in [2.75, 3.05) is 12.3 Å². The van der Waals surface area contributed by atoms with Gasteiger partial charge in [-0.25, -0.2) is 0 Å². The third kappa shape index (κ3) is 8.68. The minimum Gasteiger partial charge on any atom is -0.481 e. The van der Waals surface area contributed by atoms with Crippen molar-refractivity contribution in [1.82, 2.24) is 5.32 Å². The number of unbranched alkanes of at least 4 members (excludes halogenated alkanes) is 3. The van der Waals surface area contributed by atoms with Gasteiger partial charge >= 0.3 is 5.97 Å². The van der Waals surface area contributed by atoms with Crippen LogP contribution in [0.25, 0.3) is 0 Å². The summed E-state index contributed by atoms with van der Waals surface area (Å²) in [5, 5.41) is 11.4. The lowest BCUT2D eigenvalue weighted by atomic mass is 10.1. The highest BCUT2D eigenvalue weighted by atomic mass is 16.4. The number of anilines is 1. The Bertz CT molecular complexity index is 461. The van der Waals surface area contributed by atoms with Gasteiger partial charge in [0.2, 0.25) is 5.91 Å². The SMILES string of the molecule is Nc1cccc(CCC(=O)NCCCCCCC(=O)O)c1. The van der Waals surface area contributed by atoms with Crippen molar-refractivity contribution in [3.63, 3.8) is 0 Å². The van der Waals surface area contributed by atoms with Gasteiger partial charge in [0.15, 0.2) is 0 Å². The molecule has 0 atom stereocenters. The van der Waals surface area contributed by atoms with Crippen molar-refractivity contribution in [2.24, 2.45) is 0 Å². The fourth-order valence-corrected chi connectivity index (χ4v) is 2.08. The fourth-order valence-electron chi connectivity index (χ4n) is 2.08. The van der Waals surface area contributed by atoms with Crippen molar-refractivity contribution in [2.45, 2.75) is 44.9 Å². The molecule has 0 bridgehead atoms. The molecule has 5 heteroatoms. The van der Waals surface area contributed by atoms with Crippen LogP contribution in [0.5, 0.6) is 0 Å². The van der Waals surface area contributed by atoms with Crippen LogP contribution in [-0.4, -0.2) is 23.5 Å². The van der Waals surface area contributed by atoms with Gasteiger partial charge in [-0.2, -0.15) is 0 Å². The quantitative estimate of drug-likeness (QED) is 0.456. The van der Waals surface area contributed by atoms with E-state index in [1.165, 1.54) is 0 Å². The Morgan fingerprint density at radius 1 is 1.10 bits per heavy atom. The lowest BCUT2D eigenvalue weighted by Gasteiger charge is -2.06. The maximum absolute atomic E-state index is 11.7. The molecule has 0 aliphatic rings. The molecule has 21 heavy (non-hydrogen) atoms. The zero-order chi connectivity index (χ0) is 15.5. The van der Waals surface area contributed by atoms with Crippen molar-refractivity contribution in [3.8, 4) is 0 Å². The normalized spacial score (nSPS) is 10.3. The zero-order valence-electron chi connectivity index (χ0n) is 12.3. The summed E-state index contributed by atoms with van der Waals surface area (Å²) in [5.41, 5.74) is 7.47. The molecule has 0 saturated carbocycles. The van der Waals surface area contributed by atoms with Gasteiger partial charge in [-0.3, -0.25) is 9.59 Å². The molecule has 1 rings (SSSR count). The summed E-state index contributed by atoms with van der Waals surface area (Å²) < 4.78 is 0. The molecule has 0 unspecified atom stereocenters. The first-order valence-corrected chi connectivity index (χ1v) is 7.41. The Balaban J connectivity index is 2.03. The Morgan fingerprint density at radius 2 is 1.86 bits per heavy atom. The number of benzene rings is 1. The predicted octanol–water partition coefficient (Wildman–Crippen LogP) is 2.35. The molecular formula is C16H24N2O3. The van der Waals surface area contributed by atoms with Crippen molar-refractivity contribution in [1.29, 1.82) is 0 Å².